The van der Waals surface area contributed by atoms with Crippen molar-refractivity contribution >= 4 is 22.3 Å². The highest BCUT2D eigenvalue weighted by Crippen LogP contribution is 2.33. The van der Waals surface area contributed by atoms with Crippen LogP contribution in [-0.2, 0) is 0 Å². The Morgan fingerprint density at radius 2 is 2.20 bits per heavy atom. The zero-order valence-electron chi connectivity index (χ0n) is 11.4. The van der Waals surface area contributed by atoms with E-state index in [1.165, 1.54) is 18.9 Å². The lowest BCUT2D eigenvalue weighted by Crippen LogP contribution is -2.21. The first-order chi connectivity index (χ1) is 9.66. The van der Waals surface area contributed by atoms with Crippen LogP contribution in [0.15, 0.2) is 30.5 Å². The van der Waals surface area contributed by atoms with Gasteiger partial charge in [0.2, 0.25) is 0 Å². The lowest BCUT2D eigenvalue weighted by Gasteiger charge is -2.19. The quantitative estimate of drug-likeness (QED) is 0.682. The molecular formula is C15H17N3O2. The summed E-state index contributed by atoms with van der Waals surface area (Å²) < 4.78 is 0. The van der Waals surface area contributed by atoms with E-state index < -0.39 is 0 Å². The molecule has 1 aromatic carbocycles. The van der Waals surface area contributed by atoms with Crippen LogP contribution in [-0.4, -0.2) is 15.9 Å². The number of anilines is 1. The summed E-state index contributed by atoms with van der Waals surface area (Å²) in [5.41, 5.74) is 1.45. The third kappa shape index (κ3) is 2.19. The van der Waals surface area contributed by atoms with Crippen molar-refractivity contribution in [2.75, 3.05) is 5.32 Å². The van der Waals surface area contributed by atoms with Crippen LogP contribution in [0.25, 0.3) is 10.9 Å². The first-order valence-corrected chi connectivity index (χ1v) is 6.95. The van der Waals surface area contributed by atoms with E-state index in [1.807, 2.05) is 12.1 Å². The fourth-order valence-corrected chi connectivity index (χ4v) is 2.99. The maximum atomic E-state index is 11.1. The maximum absolute atomic E-state index is 11.1. The van der Waals surface area contributed by atoms with Gasteiger partial charge >= 0.3 is 0 Å². The Bertz CT molecular complexity index is 657. The zero-order valence-corrected chi connectivity index (χ0v) is 11.4. The Balaban J connectivity index is 2.04. The SMILES string of the molecule is CC1CCCC1Nc1ccc([N+](=O)[O-])c2ncccc12. The predicted molar refractivity (Wildman–Crippen MR) is 78.8 cm³/mol. The highest BCUT2D eigenvalue weighted by Gasteiger charge is 2.24. The zero-order chi connectivity index (χ0) is 14.1. The van der Waals surface area contributed by atoms with Crippen molar-refractivity contribution in [2.24, 2.45) is 5.92 Å². The van der Waals surface area contributed by atoms with Gasteiger partial charge in [-0.15, -0.1) is 0 Å². The number of nitro groups is 1. The van der Waals surface area contributed by atoms with Crippen LogP contribution in [0.5, 0.6) is 0 Å². The van der Waals surface area contributed by atoms with Crippen molar-refractivity contribution in [1.82, 2.24) is 4.98 Å². The maximum Gasteiger partial charge on any atom is 0.295 e. The van der Waals surface area contributed by atoms with Gasteiger partial charge in [0.15, 0.2) is 0 Å². The Labute approximate surface area is 117 Å². The average Bonchev–Trinajstić information content (AvgIpc) is 2.84. The van der Waals surface area contributed by atoms with Crippen molar-refractivity contribution in [2.45, 2.75) is 32.2 Å². The van der Waals surface area contributed by atoms with Gasteiger partial charge in [-0.2, -0.15) is 0 Å². The normalized spacial score (nSPS) is 22.1. The minimum atomic E-state index is -0.378. The summed E-state index contributed by atoms with van der Waals surface area (Å²) in [6.07, 6.45) is 5.22. The first-order valence-electron chi connectivity index (χ1n) is 6.95. The van der Waals surface area contributed by atoms with Crippen LogP contribution in [0, 0.1) is 16.0 Å². The van der Waals surface area contributed by atoms with Gasteiger partial charge in [0.05, 0.1) is 4.92 Å². The van der Waals surface area contributed by atoms with Crippen molar-refractivity contribution in [1.29, 1.82) is 0 Å². The molecule has 0 bridgehead atoms. The van der Waals surface area contributed by atoms with E-state index in [-0.39, 0.29) is 10.6 Å². The van der Waals surface area contributed by atoms with E-state index in [1.54, 1.807) is 12.3 Å². The molecule has 1 N–H and O–H groups in total. The van der Waals surface area contributed by atoms with Crippen LogP contribution >= 0.6 is 0 Å². The molecule has 0 amide bonds. The molecule has 0 spiro atoms. The number of fused-ring (bicyclic) bond motifs is 1. The Kier molecular flexibility index (Phi) is 3.26. The molecule has 1 aliphatic carbocycles. The minimum Gasteiger partial charge on any atom is -0.381 e. The van der Waals surface area contributed by atoms with Crippen molar-refractivity contribution in [3.63, 3.8) is 0 Å². The second-order valence-corrected chi connectivity index (χ2v) is 5.45. The van der Waals surface area contributed by atoms with E-state index in [0.29, 0.717) is 17.5 Å². The molecule has 1 fully saturated rings. The molecular weight excluding hydrogens is 254 g/mol. The number of aromatic nitrogens is 1. The molecule has 3 rings (SSSR count). The summed E-state index contributed by atoms with van der Waals surface area (Å²) in [4.78, 5) is 14.9. The number of hydrogen-bond donors (Lipinski definition) is 1. The largest absolute Gasteiger partial charge is 0.381 e. The molecule has 2 atom stereocenters. The predicted octanol–water partition coefficient (Wildman–Crippen LogP) is 3.74. The molecule has 1 aliphatic rings. The van der Waals surface area contributed by atoms with Gasteiger partial charge < -0.3 is 5.32 Å². The molecule has 20 heavy (non-hydrogen) atoms. The van der Waals surface area contributed by atoms with Gasteiger partial charge in [0, 0.05) is 29.4 Å². The lowest BCUT2D eigenvalue weighted by molar-refractivity contribution is -0.383. The number of pyridine rings is 1. The van der Waals surface area contributed by atoms with E-state index >= 15 is 0 Å². The summed E-state index contributed by atoms with van der Waals surface area (Å²) >= 11 is 0. The van der Waals surface area contributed by atoms with Crippen molar-refractivity contribution in [3.8, 4) is 0 Å². The van der Waals surface area contributed by atoms with Crippen LogP contribution < -0.4 is 5.32 Å². The number of non-ortho nitro benzene ring substituents is 1. The van der Waals surface area contributed by atoms with Gasteiger partial charge in [-0.1, -0.05) is 13.3 Å². The van der Waals surface area contributed by atoms with Gasteiger partial charge in [-0.3, -0.25) is 10.1 Å². The lowest BCUT2D eigenvalue weighted by atomic mass is 10.0. The standard InChI is InChI=1S/C15H17N3O2/c1-10-4-2-6-12(10)17-13-7-8-14(18(19)20)15-11(13)5-3-9-16-15/h3,5,7-10,12,17H,2,4,6H2,1H3. The molecule has 0 saturated heterocycles. The van der Waals surface area contributed by atoms with Crippen molar-refractivity contribution < 1.29 is 4.92 Å². The molecule has 0 radical (unpaired) electrons. The fraction of sp³-hybridized carbons (Fsp3) is 0.400. The summed E-state index contributed by atoms with van der Waals surface area (Å²) in [5.74, 6) is 0.636. The molecule has 2 unspecified atom stereocenters. The second-order valence-electron chi connectivity index (χ2n) is 5.45. The number of benzene rings is 1. The van der Waals surface area contributed by atoms with Gasteiger partial charge in [-0.25, -0.2) is 4.98 Å². The highest BCUT2D eigenvalue weighted by atomic mass is 16.6. The number of nitro benzene ring substituents is 1. The number of nitrogens with one attached hydrogen (secondary N) is 1. The van der Waals surface area contributed by atoms with Gasteiger partial charge in [0.25, 0.3) is 5.69 Å². The van der Waals surface area contributed by atoms with Crippen LogP contribution in [0.1, 0.15) is 26.2 Å². The highest BCUT2D eigenvalue weighted by molar-refractivity contribution is 5.97. The Morgan fingerprint density at radius 1 is 1.35 bits per heavy atom. The van der Waals surface area contributed by atoms with Gasteiger partial charge in [-0.05, 0) is 37.0 Å². The molecule has 1 heterocycles. The smallest absolute Gasteiger partial charge is 0.295 e. The summed E-state index contributed by atoms with van der Waals surface area (Å²) in [6.45, 7) is 2.25. The average molecular weight is 271 g/mol. The first kappa shape index (κ1) is 12.8. The van der Waals surface area contributed by atoms with Crippen LogP contribution in [0.4, 0.5) is 11.4 Å². The van der Waals surface area contributed by atoms with E-state index in [0.717, 1.165) is 17.5 Å². The molecule has 5 heteroatoms. The van der Waals surface area contributed by atoms with Gasteiger partial charge in [0.1, 0.15) is 5.52 Å². The Hall–Kier alpha value is -2.17. The molecule has 5 nitrogen and oxygen atoms in total. The number of nitrogens with zero attached hydrogens (tertiary/aromatic N) is 2. The molecule has 1 saturated carbocycles. The summed E-state index contributed by atoms with van der Waals surface area (Å²) in [6, 6.07) is 7.48. The van der Waals surface area contributed by atoms with E-state index in [4.69, 9.17) is 0 Å². The second kappa shape index (κ2) is 5.07. The topological polar surface area (TPSA) is 68.1 Å². The fourth-order valence-electron chi connectivity index (χ4n) is 2.99. The number of rotatable bonds is 3. The van der Waals surface area contributed by atoms with E-state index in [9.17, 15) is 10.1 Å². The summed E-state index contributed by atoms with van der Waals surface area (Å²) in [5, 5.41) is 15.4. The molecule has 1 aromatic heterocycles. The minimum absolute atomic E-state index is 0.0608. The third-order valence-electron chi connectivity index (χ3n) is 4.15. The van der Waals surface area contributed by atoms with Crippen LogP contribution in [0.2, 0.25) is 0 Å². The van der Waals surface area contributed by atoms with Crippen LogP contribution in [0.3, 0.4) is 0 Å². The molecule has 2 aromatic rings. The Morgan fingerprint density at radius 3 is 2.90 bits per heavy atom. The summed E-state index contributed by atoms with van der Waals surface area (Å²) in [7, 11) is 0. The van der Waals surface area contributed by atoms with E-state index in [2.05, 4.69) is 17.2 Å². The third-order valence-corrected chi connectivity index (χ3v) is 4.15. The molecule has 104 valence electrons. The monoisotopic (exact) mass is 271 g/mol. The molecule has 0 aliphatic heterocycles. The number of hydrogen-bond acceptors (Lipinski definition) is 4. The van der Waals surface area contributed by atoms with Crippen molar-refractivity contribution in [3.05, 3.63) is 40.6 Å².